The fourth-order valence-electron chi connectivity index (χ4n) is 2.73. The molecule has 2 rings (SSSR count). The van der Waals surface area contributed by atoms with Crippen LogP contribution in [0, 0.1) is 20.3 Å². The lowest BCUT2D eigenvalue weighted by atomic mass is 10.0. The second-order valence-electron chi connectivity index (χ2n) is 6.12. The lowest BCUT2D eigenvalue weighted by Crippen LogP contribution is -2.09. The summed E-state index contributed by atoms with van der Waals surface area (Å²) in [7, 11) is 0. The Morgan fingerprint density at radius 3 is 2.29 bits per heavy atom. The summed E-state index contributed by atoms with van der Waals surface area (Å²) in [5.41, 5.74) is 8.66. The van der Waals surface area contributed by atoms with E-state index >= 15 is 0 Å². The Hall–Kier alpha value is -0.450. The highest BCUT2D eigenvalue weighted by Crippen LogP contribution is 2.68. The van der Waals surface area contributed by atoms with Gasteiger partial charge in [0.25, 0.3) is 0 Å². The number of hydrogen-bond acceptors (Lipinski definition) is 2. The molecule has 3 heteroatoms. The molecular weight excluding hydrogens is 323 g/mol. The van der Waals surface area contributed by atoms with Gasteiger partial charge >= 0.3 is 0 Å². The average Bonchev–Trinajstić information content (AvgIpc) is 2.58. The van der Waals surface area contributed by atoms with Crippen molar-refractivity contribution in [2.24, 2.45) is 16.7 Å². The van der Waals surface area contributed by atoms with Crippen LogP contribution in [0.15, 0.2) is 18.2 Å². The van der Waals surface area contributed by atoms with Crippen LogP contribution in [0.1, 0.15) is 27.7 Å². The molecule has 0 heterocycles. The van der Waals surface area contributed by atoms with E-state index in [0.29, 0.717) is 10.8 Å². The van der Waals surface area contributed by atoms with Crippen LogP contribution in [0.3, 0.4) is 0 Å². The molecule has 0 bridgehead atoms. The topological polar surface area (TPSA) is 38.0 Å². The molecule has 94 valence electrons. The summed E-state index contributed by atoms with van der Waals surface area (Å²) in [6.07, 6.45) is 0. The number of nitrogen functional groups attached to an aromatic ring is 1. The molecule has 0 aromatic heterocycles. The molecule has 17 heavy (non-hydrogen) atoms. The minimum Gasteiger partial charge on any atom is -0.399 e. The van der Waals surface area contributed by atoms with E-state index in [0.717, 1.165) is 18.2 Å². The summed E-state index contributed by atoms with van der Waals surface area (Å²) < 4.78 is 1.19. The van der Waals surface area contributed by atoms with E-state index < -0.39 is 0 Å². The fraction of sp³-hybridized carbons (Fsp3) is 0.571. The Labute approximate surface area is 117 Å². The van der Waals surface area contributed by atoms with Gasteiger partial charge in [-0.3, -0.25) is 0 Å². The molecule has 3 N–H and O–H groups in total. The van der Waals surface area contributed by atoms with Crippen molar-refractivity contribution in [3.8, 4) is 0 Å². The smallest absolute Gasteiger partial charge is 0.0477 e. The molecule has 0 amide bonds. The van der Waals surface area contributed by atoms with Crippen LogP contribution in [0.2, 0.25) is 0 Å². The molecule has 1 saturated carbocycles. The maximum Gasteiger partial charge on any atom is 0.0477 e. The van der Waals surface area contributed by atoms with Gasteiger partial charge in [-0.25, -0.2) is 0 Å². The number of halogens is 1. The first-order chi connectivity index (χ1) is 7.76. The Morgan fingerprint density at radius 2 is 1.82 bits per heavy atom. The number of rotatable bonds is 3. The minimum absolute atomic E-state index is 0.444. The number of nitrogens with one attached hydrogen (secondary N) is 1. The van der Waals surface area contributed by atoms with Gasteiger partial charge in [-0.1, -0.05) is 27.7 Å². The monoisotopic (exact) mass is 344 g/mol. The van der Waals surface area contributed by atoms with Crippen LogP contribution >= 0.6 is 22.6 Å². The molecule has 1 aromatic carbocycles. The van der Waals surface area contributed by atoms with E-state index in [2.05, 4.69) is 61.7 Å². The van der Waals surface area contributed by atoms with Gasteiger partial charge in [-0.15, -0.1) is 0 Å². The molecule has 1 aliphatic carbocycles. The lowest BCUT2D eigenvalue weighted by Gasteiger charge is -2.10. The summed E-state index contributed by atoms with van der Waals surface area (Å²) in [6, 6.07) is 6.03. The Morgan fingerprint density at radius 1 is 1.24 bits per heavy atom. The van der Waals surface area contributed by atoms with Gasteiger partial charge < -0.3 is 11.1 Å². The number of hydrogen-bond donors (Lipinski definition) is 2. The first-order valence-electron chi connectivity index (χ1n) is 6.05. The van der Waals surface area contributed by atoms with E-state index in [4.69, 9.17) is 5.73 Å². The van der Waals surface area contributed by atoms with Crippen LogP contribution in [-0.4, -0.2) is 6.54 Å². The van der Waals surface area contributed by atoms with Crippen LogP contribution in [-0.2, 0) is 0 Å². The van der Waals surface area contributed by atoms with E-state index in [1.165, 1.54) is 9.26 Å². The van der Waals surface area contributed by atoms with Gasteiger partial charge in [0.05, 0.1) is 0 Å². The second kappa shape index (κ2) is 4.04. The van der Waals surface area contributed by atoms with Gasteiger partial charge in [-0.2, -0.15) is 0 Å². The second-order valence-corrected chi connectivity index (χ2v) is 7.28. The van der Waals surface area contributed by atoms with Gasteiger partial charge in [0, 0.05) is 21.5 Å². The zero-order chi connectivity index (χ0) is 12.8. The molecule has 0 atom stereocenters. The van der Waals surface area contributed by atoms with Gasteiger partial charge in [0.15, 0.2) is 0 Å². The SMILES string of the molecule is CC1(C)C(CNc2ccc(N)cc2I)C1(C)C. The largest absolute Gasteiger partial charge is 0.399 e. The third-order valence-electron chi connectivity index (χ3n) is 4.81. The first kappa shape index (κ1) is 13.0. The van der Waals surface area contributed by atoms with Crippen LogP contribution in [0.5, 0.6) is 0 Å². The van der Waals surface area contributed by atoms with Crippen LogP contribution < -0.4 is 11.1 Å². The predicted molar refractivity (Wildman–Crippen MR) is 83.1 cm³/mol. The molecule has 0 unspecified atom stereocenters. The minimum atomic E-state index is 0.444. The highest BCUT2D eigenvalue weighted by atomic mass is 127. The van der Waals surface area contributed by atoms with Crippen LogP contribution in [0.25, 0.3) is 0 Å². The molecular formula is C14H21IN2. The average molecular weight is 344 g/mol. The molecule has 0 spiro atoms. The summed E-state index contributed by atoms with van der Waals surface area (Å²) >= 11 is 2.33. The summed E-state index contributed by atoms with van der Waals surface area (Å²) in [6.45, 7) is 10.5. The van der Waals surface area contributed by atoms with E-state index in [-0.39, 0.29) is 0 Å². The summed E-state index contributed by atoms with van der Waals surface area (Å²) in [5.74, 6) is 0.739. The standard InChI is InChI=1S/C14H21IN2/c1-13(2)12(14(13,3)4)8-17-11-6-5-9(16)7-10(11)15/h5-7,12,17H,8,16H2,1-4H3. The highest BCUT2D eigenvalue weighted by molar-refractivity contribution is 14.1. The zero-order valence-electron chi connectivity index (χ0n) is 11.0. The zero-order valence-corrected chi connectivity index (χ0v) is 13.1. The Balaban J connectivity index is 2.00. The summed E-state index contributed by atoms with van der Waals surface area (Å²) in [4.78, 5) is 0. The molecule has 1 fully saturated rings. The number of anilines is 2. The third-order valence-corrected chi connectivity index (χ3v) is 5.70. The van der Waals surface area contributed by atoms with E-state index in [1.54, 1.807) is 0 Å². The van der Waals surface area contributed by atoms with Crippen molar-refractivity contribution < 1.29 is 0 Å². The van der Waals surface area contributed by atoms with Crippen molar-refractivity contribution in [1.82, 2.24) is 0 Å². The lowest BCUT2D eigenvalue weighted by molar-refractivity contribution is 0.457. The van der Waals surface area contributed by atoms with Crippen molar-refractivity contribution in [2.45, 2.75) is 27.7 Å². The molecule has 0 aliphatic heterocycles. The normalized spacial score (nSPS) is 21.2. The van der Waals surface area contributed by atoms with Gasteiger partial charge in [0.2, 0.25) is 0 Å². The van der Waals surface area contributed by atoms with E-state index in [9.17, 15) is 0 Å². The number of benzene rings is 1. The Kier molecular flexibility index (Phi) is 3.09. The van der Waals surface area contributed by atoms with Crippen molar-refractivity contribution in [3.05, 3.63) is 21.8 Å². The molecule has 2 nitrogen and oxygen atoms in total. The summed E-state index contributed by atoms with van der Waals surface area (Å²) in [5, 5.41) is 3.55. The van der Waals surface area contributed by atoms with Crippen molar-refractivity contribution >= 4 is 34.0 Å². The highest BCUT2D eigenvalue weighted by Gasteiger charge is 2.63. The molecule has 1 aliphatic rings. The van der Waals surface area contributed by atoms with E-state index in [1.807, 2.05) is 12.1 Å². The maximum atomic E-state index is 5.75. The quantitative estimate of drug-likeness (QED) is 0.643. The maximum absolute atomic E-state index is 5.75. The van der Waals surface area contributed by atoms with Gasteiger partial charge in [-0.05, 0) is 57.5 Å². The number of nitrogens with two attached hydrogens (primary N) is 1. The van der Waals surface area contributed by atoms with Crippen molar-refractivity contribution in [3.63, 3.8) is 0 Å². The molecule has 0 radical (unpaired) electrons. The first-order valence-corrected chi connectivity index (χ1v) is 7.13. The van der Waals surface area contributed by atoms with Crippen LogP contribution in [0.4, 0.5) is 11.4 Å². The van der Waals surface area contributed by atoms with Gasteiger partial charge in [0.1, 0.15) is 0 Å². The predicted octanol–water partition coefficient (Wildman–Crippen LogP) is 3.97. The van der Waals surface area contributed by atoms with Crippen molar-refractivity contribution in [2.75, 3.05) is 17.6 Å². The molecule has 0 saturated heterocycles. The fourth-order valence-corrected chi connectivity index (χ4v) is 3.46. The third kappa shape index (κ3) is 2.14. The Bertz CT molecular complexity index is 424. The molecule has 1 aromatic rings. The van der Waals surface area contributed by atoms with Crippen molar-refractivity contribution in [1.29, 1.82) is 0 Å².